The van der Waals surface area contributed by atoms with Crippen molar-refractivity contribution >= 4 is 18.3 Å². The smallest absolute Gasteiger partial charge is 0.254 e. The number of hydrogen-bond acceptors (Lipinski definition) is 4. The number of hydrogen-bond donors (Lipinski definition) is 2. The number of nitrogens with one attached hydrogen (secondary N) is 1. The number of halogens is 1. The minimum atomic E-state index is -0.162. The molecule has 0 unspecified atom stereocenters. The van der Waals surface area contributed by atoms with Gasteiger partial charge in [0.15, 0.2) is 0 Å². The van der Waals surface area contributed by atoms with Crippen LogP contribution < -0.4 is 11.1 Å². The third-order valence-electron chi connectivity index (χ3n) is 1.96. The molecule has 90 valence electrons. The molecule has 0 aliphatic carbocycles. The zero-order valence-corrected chi connectivity index (χ0v) is 10.3. The van der Waals surface area contributed by atoms with Gasteiger partial charge in [-0.15, -0.1) is 12.4 Å². The first-order valence-corrected chi connectivity index (χ1v) is 4.95. The predicted molar refractivity (Wildman–Crippen MR) is 64.8 cm³/mol. The second kappa shape index (κ2) is 7.14. The van der Waals surface area contributed by atoms with E-state index in [2.05, 4.69) is 15.3 Å². The normalized spacial score (nSPS) is 9.75. The highest BCUT2D eigenvalue weighted by Crippen LogP contribution is 2.14. The predicted octanol–water partition coefficient (Wildman–Crippen LogP) is 0.710. The van der Waals surface area contributed by atoms with E-state index in [9.17, 15) is 4.79 Å². The zero-order chi connectivity index (χ0) is 11.3. The summed E-state index contributed by atoms with van der Waals surface area (Å²) in [4.78, 5) is 19.6. The highest BCUT2D eigenvalue weighted by molar-refractivity contribution is 5.95. The fraction of sp³-hybridized carbons (Fsp3) is 0.500. The molecule has 0 spiro atoms. The summed E-state index contributed by atoms with van der Waals surface area (Å²) in [6, 6.07) is 0. The van der Waals surface area contributed by atoms with Crippen molar-refractivity contribution < 1.29 is 4.79 Å². The Morgan fingerprint density at radius 1 is 1.56 bits per heavy atom. The van der Waals surface area contributed by atoms with Gasteiger partial charge < -0.3 is 11.1 Å². The van der Waals surface area contributed by atoms with Gasteiger partial charge in [0.2, 0.25) is 0 Å². The molecule has 6 heteroatoms. The van der Waals surface area contributed by atoms with Gasteiger partial charge in [0.1, 0.15) is 6.33 Å². The molecule has 16 heavy (non-hydrogen) atoms. The summed E-state index contributed by atoms with van der Waals surface area (Å²) in [6.07, 6.45) is 2.99. The van der Waals surface area contributed by atoms with Crippen LogP contribution in [0.1, 0.15) is 35.8 Å². The molecule has 0 saturated heterocycles. The zero-order valence-electron chi connectivity index (χ0n) is 9.43. The van der Waals surface area contributed by atoms with E-state index in [1.807, 2.05) is 13.8 Å². The van der Waals surface area contributed by atoms with Gasteiger partial charge in [-0.3, -0.25) is 4.79 Å². The van der Waals surface area contributed by atoms with Gasteiger partial charge in [-0.05, 0) is 5.92 Å². The molecule has 3 N–H and O–H groups in total. The van der Waals surface area contributed by atoms with E-state index in [0.717, 1.165) is 5.69 Å². The van der Waals surface area contributed by atoms with Gasteiger partial charge in [0.05, 0.1) is 11.3 Å². The van der Waals surface area contributed by atoms with Crippen LogP contribution in [0.5, 0.6) is 0 Å². The van der Waals surface area contributed by atoms with Gasteiger partial charge >= 0.3 is 0 Å². The molecule has 0 aliphatic rings. The first-order valence-electron chi connectivity index (χ1n) is 4.95. The van der Waals surface area contributed by atoms with Crippen LogP contribution in [0.15, 0.2) is 12.5 Å². The number of aromatic nitrogens is 2. The molecule has 0 aromatic carbocycles. The standard InChI is InChI=1S/C10H16N4O.ClH/c1-7(2)9-8(5-12-6-14-9)10(15)13-4-3-11;/h5-7H,3-4,11H2,1-2H3,(H,13,15);1H. The van der Waals surface area contributed by atoms with Gasteiger partial charge in [0.25, 0.3) is 5.91 Å². The number of rotatable bonds is 4. The van der Waals surface area contributed by atoms with E-state index >= 15 is 0 Å². The second-order valence-corrected chi connectivity index (χ2v) is 3.52. The Labute approximate surface area is 101 Å². The van der Waals surface area contributed by atoms with Crippen LogP contribution in [-0.2, 0) is 0 Å². The van der Waals surface area contributed by atoms with E-state index in [4.69, 9.17) is 5.73 Å². The molecular formula is C10H17ClN4O. The van der Waals surface area contributed by atoms with Crippen LogP contribution in [0.2, 0.25) is 0 Å². The lowest BCUT2D eigenvalue weighted by atomic mass is 10.0. The number of carbonyl (C=O) groups is 1. The van der Waals surface area contributed by atoms with Crippen LogP contribution in [0.3, 0.4) is 0 Å². The third-order valence-corrected chi connectivity index (χ3v) is 1.96. The lowest BCUT2D eigenvalue weighted by molar-refractivity contribution is 0.0952. The SMILES string of the molecule is CC(C)c1ncncc1C(=O)NCCN.Cl. The minimum absolute atomic E-state index is 0. The first kappa shape index (κ1) is 14.8. The molecule has 1 aromatic heterocycles. The maximum atomic E-state index is 11.7. The van der Waals surface area contributed by atoms with Crippen molar-refractivity contribution in [3.8, 4) is 0 Å². The average molecular weight is 245 g/mol. The van der Waals surface area contributed by atoms with E-state index in [-0.39, 0.29) is 24.2 Å². The van der Waals surface area contributed by atoms with Crippen LogP contribution in [0, 0.1) is 0 Å². The number of carbonyl (C=O) groups excluding carboxylic acids is 1. The fourth-order valence-electron chi connectivity index (χ4n) is 1.26. The Morgan fingerprint density at radius 3 is 2.81 bits per heavy atom. The maximum absolute atomic E-state index is 11.7. The Kier molecular flexibility index (Phi) is 6.60. The average Bonchev–Trinajstić information content (AvgIpc) is 2.25. The van der Waals surface area contributed by atoms with Crippen molar-refractivity contribution in [2.45, 2.75) is 19.8 Å². The van der Waals surface area contributed by atoms with Gasteiger partial charge in [0, 0.05) is 19.3 Å². The summed E-state index contributed by atoms with van der Waals surface area (Å²) in [7, 11) is 0. The molecule has 0 aliphatic heterocycles. The van der Waals surface area contributed by atoms with Gasteiger partial charge in [-0.2, -0.15) is 0 Å². The minimum Gasteiger partial charge on any atom is -0.351 e. The van der Waals surface area contributed by atoms with E-state index in [1.54, 1.807) is 0 Å². The monoisotopic (exact) mass is 244 g/mol. The molecule has 1 rings (SSSR count). The topological polar surface area (TPSA) is 80.9 Å². The van der Waals surface area contributed by atoms with E-state index < -0.39 is 0 Å². The lowest BCUT2D eigenvalue weighted by Crippen LogP contribution is -2.30. The Hall–Kier alpha value is -1.20. The van der Waals surface area contributed by atoms with Gasteiger partial charge in [-0.25, -0.2) is 9.97 Å². The Balaban J connectivity index is 0.00000225. The van der Waals surface area contributed by atoms with Crippen molar-refractivity contribution in [2.24, 2.45) is 5.73 Å². The molecule has 0 radical (unpaired) electrons. The van der Waals surface area contributed by atoms with Crippen LogP contribution in [0.4, 0.5) is 0 Å². The molecule has 0 bridgehead atoms. The van der Waals surface area contributed by atoms with E-state index in [0.29, 0.717) is 18.7 Å². The van der Waals surface area contributed by atoms with Crippen LogP contribution in [-0.4, -0.2) is 29.0 Å². The molecular weight excluding hydrogens is 228 g/mol. The lowest BCUT2D eigenvalue weighted by Gasteiger charge is -2.10. The summed E-state index contributed by atoms with van der Waals surface area (Å²) >= 11 is 0. The van der Waals surface area contributed by atoms with Crippen molar-refractivity contribution in [1.82, 2.24) is 15.3 Å². The quantitative estimate of drug-likeness (QED) is 0.818. The molecule has 5 nitrogen and oxygen atoms in total. The molecule has 0 fully saturated rings. The van der Waals surface area contributed by atoms with Crippen molar-refractivity contribution in [1.29, 1.82) is 0 Å². The third kappa shape index (κ3) is 3.75. The highest BCUT2D eigenvalue weighted by Gasteiger charge is 2.14. The Morgan fingerprint density at radius 2 is 2.25 bits per heavy atom. The maximum Gasteiger partial charge on any atom is 0.254 e. The summed E-state index contributed by atoms with van der Waals surface area (Å²) in [5.74, 6) is 0.0383. The second-order valence-electron chi connectivity index (χ2n) is 3.52. The largest absolute Gasteiger partial charge is 0.351 e. The fourth-order valence-corrected chi connectivity index (χ4v) is 1.26. The number of amides is 1. The molecule has 1 amide bonds. The molecule has 1 aromatic rings. The van der Waals surface area contributed by atoms with Crippen molar-refractivity contribution in [2.75, 3.05) is 13.1 Å². The van der Waals surface area contributed by atoms with Crippen molar-refractivity contribution in [3.05, 3.63) is 23.8 Å². The van der Waals surface area contributed by atoms with Gasteiger partial charge in [-0.1, -0.05) is 13.8 Å². The molecule has 0 saturated carbocycles. The summed E-state index contributed by atoms with van der Waals surface area (Å²) in [6.45, 7) is 4.87. The summed E-state index contributed by atoms with van der Waals surface area (Å²) < 4.78 is 0. The molecule has 1 heterocycles. The Bertz CT molecular complexity index is 343. The highest BCUT2D eigenvalue weighted by atomic mass is 35.5. The summed E-state index contributed by atoms with van der Waals surface area (Å²) in [5.41, 5.74) is 6.60. The number of nitrogens with two attached hydrogens (primary N) is 1. The number of nitrogens with zero attached hydrogens (tertiary/aromatic N) is 2. The summed E-state index contributed by atoms with van der Waals surface area (Å²) in [5, 5.41) is 2.70. The molecule has 0 atom stereocenters. The first-order chi connectivity index (χ1) is 7.16. The van der Waals surface area contributed by atoms with Crippen LogP contribution >= 0.6 is 12.4 Å². The van der Waals surface area contributed by atoms with E-state index in [1.165, 1.54) is 12.5 Å². The van der Waals surface area contributed by atoms with Crippen LogP contribution in [0.25, 0.3) is 0 Å². The van der Waals surface area contributed by atoms with Crippen molar-refractivity contribution in [3.63, 3.8) is 0 Å².